The molecule has 1 amide bonds. The lowest BCUT2D eigenvalue weighted by Gasteiger charge is -2.20. The summed E-state index contributed by atoms with van der Waals surface area (Å²) in [6.07, 6.45) is 86.2. The van der Waals surface area contributed by atoms with E-state index in [2.05, 4.69) is 55.6 Å². The molecule has 0 aromatic heterocycles. The molecule has 0 radical (unpaired) electrons. The van der Waals surface area contributed by atoms with E-state index in [1.165, 1.54) is 289 Å². The van der Waals surface area contributed by atoms with Crippen LogP contribution in [0.3, 0.4) is 0 Å². The zero-order valence-corrected chi connectivity index (χ0v) is 51.7. The fraction of sp³-hybridized carbons (Fsp3) is 0.859. The number of hydrogen-bond donors (Lipinski definition) is 3. The lowest BCUT2D eigenvalue weighted by atomic mass is 10.0. The molecular formula is C71H133NO5. The number of nitrogens with one attached hydrogen (secondary N) is 1. The Labute approximate surface area is 480 Å². The first-order valence-corrected chi connectivity index (χ1v) is 34.4. The van der Waals surface area contributed by atoms with Crippen molar-refractivity contribution in [1.82, 2.24) is 5.32 Å². The van der Waals surface area contributed by atoms with E-state index in [4.69, 9.17) is 4.74 Å². The number of unbranched alkanes of at least 4 members (excludes halogenated alkanes) is 47. The van der Waals surface area contributed by atoms with Crippen LogP contribution in [-0.2, 0) is 14.3 Å². The molecule has 0 aliphatic rings. The lowest BCUT2D eigenvalue weighted by molar-refractivity contribution is -0.143. The summed E-state index contributed by atoms with van der Waals surface area (Å²) in [6.45, 7) is 4.90. The molecule has 0 fully saturated rings. The summed E-state index contributed by atoms with van der Waals surface area (Å²) in [6, 6.07) is -0.627. The highest BCUT2D eigenvalue weighted by molar-refractivity contribution is 5.76. The van der Waals surface area contributed by atoms with Crippen molar-refractivity contribution in [1.29, 1.82) is 0 Å². The number of allylic oxidation sites excluding steroid dienone is 7. The van der Waals surface area contributed by atoms with Crippen LogP contribution >= 0.6 is 0 Å². The average Bonchev–Trinajstić information content (AvgIpc) is 3.43. The molecule has 0 saturated heterocycles. The molecule has 0 heterocycles. The number of aliphatic hydroxyl groups excluding tert-OH is 2. The summed E-state index contributed by atoms with van der Waals surface area (Å²) in [5.41, 5.74) is 0. The van der Waals surface area contributed by atoms with Crippen molar-refractivity contribution in [3.63, 3.8) is 0 Å². The Hall–Kier alpha value is -2.18. The van der Waals surface area contributed by atoms with Gasteiger partial charge in [0.2, 0.25) is 5.91 Å². The number of carbonyl (C=O) groups is 2. The first kappa shape index (κ1) is 74.8. The van der Waals surface area contributed by atoms with Gasteiger partial charge in [0, 0.05) is 12.8 Å². The maximum atomic E-state index is 12.4. The van der Waals surface area contributed by atoms with Crippen LogP contribution in [0, 0.1) is 0 Å². The standard InChI is InChI=1S/C71H133NO5/c1-3-5-7-9-11-13-15-16-17-18-35-38-41-45-49-53-57-61-65-71(76)77-66-62-58-54-50-46-42-39-36-33-31-29-27-25-23-21-19-20-22-24-26-28-30-32-34-37-40-44-48-52-56-60-64-70(75)72-68(67-73)69(74)63-59-55-51-47-43-14-12-10-8-6-4-2/h17-18,21,23,27,29,59,63,68-69,73-74H,3-16,19-20,22,24-26,28,30-58,60-62,64-67H2,1-2H3,(H,72,75)/b18-17-,23-21-,29-27-,63-59+. The predicted molar refractivity (Wildman–Crippen MR) is 338 cm³/mol. The minimum atomic E-state index is -0.843. The topological polar surface area (TPSA) is 95.9 Å². The van der Waals surface area contributed by atoms with Gasteiger partial charge in [-0.15, -0.1) is 0 Å². The molecule has 6 nitrogen and oxygen atoms in total. The Morgan fingerprint density at radius 2 is 0.649 bits per heavy atom. The third kappa shape index (κ3) is 62.9. The minimum absolute atomic E-state index is 0.00997. The summed E-state index contributed by atoms with van der Waals surface area (Å²) in [5, 5.41) is 23.0. The molecule has 2 unspecified atom stereocenters. The molecule has 0 aromatic rings. The van der Waals surface area contributed by atoms with Crippen molar-refractivity contribution in [2.24, 2.45) is 0 Å². The minimum Gasteiger partial charge on any atom is -0.466 e. The molecule has 0 aliphatic carbocycles. The maximum Gasteiger partial charge on any atom is 0.305 e. The van der Waals surface area contributed by atoms with Crippen LogP contribution < -0.4 is 5.32 Å². The van der Waals surface area contributed by atoms with Crippen LogP contribution in [0.4, 0.5) is 0 Å². The lowest BCUT2D eigenvalue weighted by Crippen LogP contribution is -2.45. The van der Waals surface area contributed by atoms with Gasteiger partial charge in [-0.3, -0.25) is 9.59 Å². The van der Waals surface area contributed by atoms with Crippen molar-refractivity contribution in [3.8, 4) is 0 Å². The second kappa shape index (κ2) is 66.3. The summed E-state index contributed by atoms with van der Waals surface area (Å²) >= 11 is 0. The van der Waals surface area contributed by atoms with Gasteiger partial charge in [0.25, 0.3) is 0 Å². The van der Waals surface area contributed by atoms with E-state index in [0.717, 1.165) is 51.4 Å². The molecule has 0 bridgehead atoms. The van der Waals surface area contributed by atoms with E-state index in [-0.39, 0.29) is 18.5 Å². The molecular weight excluding hydrogens is 947 g/mol. The molecule has 6 heteroatoms. The summed E-state index contributed by atoms with van der Waals surface area (Å²) in [7, 11) is 0. The Balaban J connectivity index is 3.38. The number of esters is 1. The molecule has 77 heavy (non-hydrogen) atoms. The smallest absolute Gasteiger partial charge is 0.305 e. The number of hydrogen-bond acceptors (Lipinski definition) is 5. The van der Waals surface area contributed by atoms with E-state index < -0.39 is 12.1 Å². The van der Waals surface area contributed by atoms with Crippen LogP contribution in [0.25, 0.3) is 0 Å². The average molecular weight is 1080 g/mol. The van der Waals surface area contributed by atoms with Gasteiger partial charge in [0.15, 0.2) is 0 Å². The number of rotatable bonds is 64. The van der Waals surface area contributed by atoms with Gasteiger partial charge in [0.1, 0.15) is 0 Å². The highest BCUT2D eigenvalue weighted by Crippen LogP contribution is 2.17. The monoisotopic (exact) mass is 1080 g/mol. The third-order valence-corrected chi connectivity index (χ3v) is 15.8. The van der Waals surface area contributed by atoms with E-state index in [9.17, 15) is 19.8 Å². The quantitative estimate of drug-likeness (QED) is 0.0320. The van der Waals surface area contributed by atoms with Crippen LogP contribution in [-0.4, -0.2) is 47.4 Å². The Morgan fingerprint density at radius 1 is 0.364 bits per heavy atom. The molecule has 0 saturated carbocycles. The van der Waals surface area contributed by atoms with E-state index >= 15 is 0 Å². The van der Waals surface area contributed by atoms with Crippen LogP contribution in [0.2, 0.25) is 0 Å². The van der Waals surface area contributed by atoms with Crippen molar-refractivity contribution in [3.05, 3.63) is 48.6 Å². The molecule has 3 N–H and O–H groups in total. The van der Waals surface area contributed by atoms with Crippen LogP contribution in [0.15, 0.2) is 48.6 Å². The highest BCUT2D eigenvalue weighted by atomic mass is 16.5. The molecule has 0 spiro atoms. The van der Waals surface area contributed by atoms with Crippen LogP contribution in [0.1, 0.15) is 367 Å². The van der Waals surface area contributed by atoms with Gasteiger partial charge in [-0.1, -0.05) is 313 Å². The van der Waals surface area contributed by atoms with Crippen molar-refractivity contribution in [2.75, 3.05) is 13.2 Å². The van der Waals surface area contributed by atoms with Gasteiger partial charge in [-0.25, -0.2) is 0 Å². The van der Waals surface area contributed by atoms with Gasteiger partial charge >= 0.3 is 5.97 Å². The molecule has 0 rings (SSSR count). The highest BCUT2D eigenvalue weighted by Gasteiger charge is 2.18. The van der Waals surface area contributed by atoms with E-state index in [1.54, 1.807) is 6.08 Å². The van der Waals surface area contributed by atoms with Crippen molar-refractivity contribution >= 4 is 11.9 Å². The molecule has 2 atom stereocenters. The fourth-order valence-electron chi connectivity index (χ4n) is 10.5. The first-order chi connectivity index (χ1) is 38.0. The maximum absolute atomic E-state index is 12.4. The number of amides is 1. The van der Waals surface area contributed by atoms with E-state index in [0.29, 0.717) is 19.4 Å². The largest absolute Gasteiger partial charge is 0.466 e. The number of ether oxygens (including phenoxy) is 1. The molecule has 452 valence electrons. The first-order valence-electron chi connectivity index (χ1n) is 34.4. The molecule has 0 aromatic carbocycles. The van der Waals surface area contributed by atoms with Crippen molar-refractivity contribution in [2.45, 2.75) is 379 Å². The summed E-state index contributed by atoms with van der Waals surface area (Å²) < 4.78 is 5.50. The molecule has 0 aliphatic heterocycles. The van der Waals surface area contributed by atoms with Crippen molar-refractivity contribution < 1.29 is 24.5 Å². The second-order valence-corrected chi connectivity index (χ2v) is 23.5. The van der Waals surface area contributed by atoms with Gasteiger partial charge < -0.3 is 20.3 Å². The number of carbonyl (C=O) groups excluding carboxylic acids is 2. The fourth-order valence-corrected chi connectivity index (χ4v) is 10.5. The zero-order valence-electron chi connectivity index (χ0n) is 51.7. The summed E-state index contributed by atoms with van der Waals surface area (Å²) in [5.74, 6) is -0.0580. The van der Waals surface area contributed by atoms with E-state index in [1.807, 2.05) is 6.08 Å². The zero-order chi connectivity index (χ0) is 55.7. The summed E-state index contributed by atoms with van der Waals surface area (Å²) in [4.78, 5) is 24.5. The Bertz CT molecular complexity index is 1290. The van der Waals surface area contributed by atoms with Crippen LogP contribution in [0.5, 0.6) is 0 Å². The second-order valence-electron chi connectivity index (χ2n) is 23.5. The van der Waals surface area contributed by atoms with Gasteiger partial charge in [-0.2, -0.15) is 0 Å². The van der Waals surface area contributed by atoms with Gasteiger partial charge in [0.05, 0.1) is 25.4 Å². The Morgan fingerprint density at radius 3 is 1.00 bits per heavy atom. The number of aliphatic hydroxyl groups is 2. The SMILES string of the molecule is CCCCCCCCC/C=C\CCCCCCCCCC(=O)OCCCCCCCCCCC/C=C\C/C=C\CCCCCCCCCCCCCCCCCC(=O)NC(CO)C(O)/C=C/CCCCCCCCCCC. The predicted octanol–water partition coefficient (Wildman–Crippen LogP) is 22.1. The normalized spacial score (nSPS) is 12.8. The Kier molecular flexibility index (Phi) is 64.5. The van der Waals surface area contributed by atoms with Gasteiger partial charge in [-0.05, 0) is 89.9 Å². The third-order valence-electron chi connectivity index (χ3n) is 15.8.